The van der Waals surface area contributed by atoms with Crippen molar-refractivity contribution in [3.05, 3.63) is 157 Å². The minimum Gasteiger partial charge on any atom is -0.256 e. The first-order valence-corrected chi connectivity index (χ1v) is 18.1. The summed E-state index contributed by atoms with van der Waals surface area (Å²) in [6.45, 7) is 2.40. The molecule has 0 spiro atoms. The van der Waals surface area contributed by atoms with Crippen LogP contribution in [0.5, 0.6) is 0 Å². The Bertz CT molecular complexity index is 2660. The van der Waals surface area contributed by atoms with Gasteiger partial charge in [0, 0.05) is 33.8 Å². The van der Waals surface area contributed by atoms with Crippen molar-refractivity contribution in [2.24, 2.45) is 11.8 Å². The molecule has 2 aliphatic carbocycles. The SMILES string of the molecule is CC1CCC2c3ccccc3C=C(c3nc(-c4ccc(-c5cnc6ccccc6c5)cc4)nc(-c4cc5ccccc5c5ccccc45)n3)C2C1. The van der Waals surface area contributed by atoms with Crippen LogP contribution in [0, 0.1) is 11.8 Å². The van der Waals surface area contributed by atoms with Gasteiger partial charge in [-0.15, -0.1) is 0 Å². The summed E-state index contributed by atoms with van der Waals surface area (Å²) in [5.74, 6) is 3.67. The summed E-state index contributed by atoms with van der Waals surface area (Å²) in [5, 5.41) is 5.89. The lowest BCUT2D eigenvalue weighted by Crippen LogP contribution is -2.27. The van der Waals surface area contributed by atoms with Crippen LogP contribution in [-0.4, -0.2) is 19.9 Å². The number of fused-ring (bicyclic) bond motifs is 7. The average molecular weight is 657 g/mol. The predicted molar refractivity (Wildman–Crippen MR) is 210 cm³/mol. The van der Waals surface area contributed by atoms with Crippen LogP contribution in [0.4, 0.5) is 0 Å². The Kier molecular flexibility index (Phi) is 7.09. The van der Waals surface area contributed by atoms with Crippen molar-refractivity contribution in [1.82, 2.24) is 19.9 Å². The molecule has 10 rings (SSSR count). The standard InChI is InChI=1S/C47H36N4/c1-29-18-23-40-37-14-6-3-11-33(37)27-43(41(40)24-29)47-50-45(31-21-19-30(20-22-31)35-25-34-12-4-9-17-44(34)48-28-35)49-46(51-47)42-26-32-10-2-5-13-36(32)38-15-7-8-16-39(38)42/h2-17,19-22,25-29,40-41H,18,23-24H2,1H3. The molecule has 244 valence electrons. The van der Waals surface area contributed by atoms with Crippen LogP contribution in [0.15, 0.2) is 140 Å². The first kappa shape index (κ1) is 29.9. The molecule has 2 aliphatic rings. The lowest BCUT2D eigenvalue weighted by atomic mass is 9.65. The third-order valence-corrected chi connectivity index (χ3v) is 11.2. The highest BCUT2D eigenvalue weighted by Crippen LogP contribution is 2.51. The highest BCUT2D eigenvalue weighted by Gasteiger charge is 2.37. The van der Waals surface area contributed by atoms with E-state index >= 15 is 0 Å². The summed E-state index contributed by atoms with van der Waals surface area (Å²) < 4.78 is 0. The molecule has 8 aromatic rings. The molecule has 6 aromatic carbocycles. The molecule has 51 heavy (non-hydrogen) atoms. The average Bonchev–Trinajstić information content (AvgIpc) is 3.20. The van der Waals surface area contributed by atoms with Gasteiger partial charge in [0.15, 0.2) is 17.5 Å². The van der Waals surface area contributed by atoms with E-state index in [2.05, 4.69) is 134 Å². The maximum Gasteiger partial charge on any atom is 0.164 e. The molecule has 0 bridgehead atoms. The summed E-state index contributed by atoms with van der Waals surface area (Å²) in [6.07, 6.45) is 7.89. The van der Waals surface area contributed by atoms with Gasteiger partial charge in [0.05, 0.1) is 5.52 Å². The van der Waals surface area contributed by atoms with Crippen molar-refractivity contribution in [3.63, 3.8) is 0 Å². The number of pyridine rings is 1. The van der Waals surface area contributed by atoms with Crippen LogP contribution in [0.1, 0.15) is 49.1 Å². The molecule has 3 unspecified atom stereocenters. The van der Waals surface area contributed by atoms with Crippen LogP contribution in [-0.2, 0) is 0 Å². The monoisotopic (exact) mass is 656 g/mol. The molecular formula is C47H36N4. The van der Waals surface area contributed by atoms with Crippen LogP contribution >= 0.6 is 0 Å². The number of hydrogen-bond acceptors (Lipinski definition) is 4. The number of nitrogens with zero attached hydrogens (tertiary/aromatic N) is 4. The van der Waals surface area contributed by atoms with E-state index in [4.69, 9.17) is 19.9 Å². The van der Waals surface area contributed by atoms with Gasteiger partial charge in [0.1, 0.15) is 0 Å². The van der Waals surface area contributed by atoms with E-state index in [-0.39, 0.29) is 0 Å². The van der Waals surface area contributed by atoms with Crippen molar-refractivity contribution in [1.29, 1.82) is 0 Å². The lowest BCUT2D eigenvalue weighted by Gasteiger charge is -2.39. The van der Waals surface area contributed by atoms with E-state index < -0.39 is 0 Å². The van der Waals surface area contributed by atoms with Crippen LogP contribution in [0.25, 0.3) is 78.0 Å². The van der Waals surface area contributed by atoms with Gasteiger partial charge in [-0.3, -0.25) is 4.98 Å². The van der Waals surface area contributed by atoms with Crippen molar-refractivity contribution in [3.8, 4) is 33.9 Å². The van der Waals surface area contributed by atoms with E-state index in [1.165, 1.54) is 45.7 Å². The number of allylic oxidation sites excluding steroid dienone is 1. The normalized spacial score (nSPS) is 18.4. The molecule has 1 fully saturated rings. The van der Waals surface area contributed by atoms with Gasteiger partial charge in [-0.2, -0.15) is 0 Å². The Morgan fingerprint density at radius 1 is 0.529 bits per heavy atom. The molecule has 2 heterocycles. The van der Waals surface area contributed by atoms with Crippen LogP contribution < -0.4 is 0 Å². The number of aromatic nitrogens is 4. The van der Waals surface area contributed by atoms with E-state index in [0.717, 1.165) is 50.8 Å². The summed E-state index contributed by atoms with van der Waals surface area (Å²) >= 11 is 0. The third-order valence-electron chi connectivity index (χ3n) is 11.2. The minimum atomic E-state index is 0.364. The highest BCUT2D eigenvalue weighted by molar-refractivity contribution is 6.13. The smallest absolute Gasteiger partial charge is 0.164 e. The van der Waals surface area contributed by atoms with E-state index in [9.17, 15) is 0 Å². The van der Waals surface area contributed by atoms with Gasteiger partial charge in [0.2, 0.25) is 0 Å². The molecule has 4 nitrogen and oxygen atoms in total. The second-order valence-electron chi connectivity index (χ2n) is 14.4. The zero-order valence-corrected chi connectivity index (χ0v) is 28.5. The lowest BCUT2D eigenvalue weighted by molar-refractivity contribution is 0.291. The Balaban J connectivity index is 1.17. The molecule has 0 aliphatic heterocycles. The van der Waals surface area contributed by atoms with Crippen molar-refractivity contribution >= 4 is 44.1 Å². The maximum absolute atomic E-state index is 5.39. The number of benzene rings is 6. The molecule has 0 saturated heterocycles. The predicted octanol–water partition coefficient (Wildman–Crippen LogP) is 11.8. The minimum absolute atomic E-state index is 0.364. The Hall–Kier alpha value is -6.00. The quantitative estimate of drug-likeness (QED) is 0.177. The fourth-order valence-electron chi connectivity index (χ4n) is 8.62. The summed E-state index contributed by atoms with van der Waals surface area (Å²) in [4.78, 5) is 20.7. The molecule has 3 atom stereocenters. The molecule has 0 amide bonds. The zero-order valence-electron chi connectivity index (χ0n) is 28.5. The van der Waals surface area contributed by atoms with Crippen molar-refractivity contribution in [2.75, 3.05) is 0 Å². The van der Waals surface area contributed by atoms with E-state index in [1.807, 2.05) is 18.3 Å². The van der Waals surface area contributed by atoms with Gasteiger partial charge in [-0.25, -0.2) is 15.0 Å². The molecule has 0 radical (unpaired) electrons. The molecule has 0 N–H and O–H groups in total. The van der Waals surface area contributed by atoms with Crippen molar-refractivity contribution in [2.45, 2.75) is 32.1 Å². The van der Waals surface area contributed by atoms with E-state index in [1.54, 1.807) is 0 Å². The van der Waals surface area contributed by atoms with Crippen molar-refractivity contribution < 1.29 is 0 Å². The third kappa shape index (κ3) is 5.21. The Morgan fingerprint density at radius 3 is 2.10 bits per heavy atom. The van der Waals surface area contributed by atoms with Gasteiger partial charge in [-0.05, 0) is 93.1 Å². The van der Waals surface area contributed by atoms with Gasteiger partial charge < -0.3 is 0 Å². The van der Waals surface area contributed by atoms with Crippen LogP contribution in [0.2, 0.25) is 0 Å². The van der Waals surface area contributed by atoms with Gasteiger partial charge >= 0.3 is 0 Å². The molecule has 2 aromatic heterocycles. The Labute approximate surface area is 297 Å². The first-order chi connectivity index (χ1) is 25.2. The summed E-state index contributed by atoms with van der Waals surface area (Å²) in [5.41, 5.74) is 9.17. The molecule has 4 heteroatoms. The first-order valence-electron chi connectivity index (χ1n) is 18.1. The maximum atomic E-state index is 5.39. The summed E-state index contributed by atoms with van der Waals surface area (Å²) in [6, 6.07) is 47.5. The zero-order chi connectivity index (χ0) is 33.9. The number of rotatable bonds is 4. The second kappa shape index (κ2) is 12.1. The van der Waals surface area contributed by atoms with Gasteiger partial charge in [0.25, 0.3) is 0 Å². The highest BCUT2D eigenvalue weighted by atomic mass is 15.0. The Morgan fingerprint density at radius 2 is 1.22 bits per heavy atom. The fraction of sp³-hybridized carbons (Fsp3) is 0.149. The topological polar surface area (TPSA) is 51.6 Å². The largest absolute Gasteiger partial charge is 0.256 e. The fourth-order valence-corrected chi connectivity index (χ4v) is 8.62. The van der Waals surface area contributed by atoms with E-state index in [0.29, 0.717) is 29.4 Å². The van der Waals surface area contributed by atoms with Gasteiger partial charge in [-0.1, -0.05) is 129 Å². The van der Waals surface area contributed by atoms with Crippen LogP contribution in [0.3, 0.4) is 0 Å². The summed E-state index contributed by atoms with van der Waals surface area (Å²) in [7, 11) is 0. The molecule has 1 saturated carbocycles. The molecular weight excluding hydrogens is 621 g/mol. The number of para-hydroxylation sites is 1. The number of hydrogen-bond donors (Lipinski definition) is 0. The second-order valence-corrected chi connectivity index (χ2v) is 14.4.